The lowest BCUT2D eigenvalue weighted by molar-refractivity contribution is -0.131. The standard InChI is InChI=1S/C24H29FO3/c1-6-18(21(25)11-10-16(3)13-23(26)27)19-14-17-9-8-12-24(4,5)20(17)15-22(19)28-7-2/h8-11,13-15H,6-7,12H2,1-5H3,(H,26,27). The Labute approximate surface area is 166 Å². The van der Waals surface area contributed by atoms with Crippen LogP contribution >= 0.6 is 0 Å². The van der Waals surface area contributed by atoms with Crippen LogP contribution in [0.1, 0.15) is 64.2 Å². The summed E-state index contributed by atoms with van der Waals surface area (Å²) in [7, 11) is 0. The van der Waals surface area contributed by atoms with Crippen molar-refractivity contribution in [3.63, 3.8) is 0 Å². The third kappa shape index (κ3) is 5.00. The topological polar surface area (TPSA) is 46.5 Å². The molecule has 0 radical (unpaired) electrons. The molecule has 1 aliphatic rings. The number of ether oxygens (including phenoxy) is 1. The quantitative estimate of drug-likeness (QED) is 0.433. The molecule has 0 bridgehead atoms. The first kappa shape index (κ1) is 21.7. The summed E-state index contributed by atoms with van der Waals surface area (Å²) in [6.45, 7) is 10.3. The van der Waals surface area contributed by atoms with E-state index in [1.54, 1.807) is 6.92 Å². The molecular formula is C24H29FO3. The summed E-state index contributed by atoms with van der Waals surface area (Å²) in [6.07, 6.45) is 9.52. The van der Waals surface area contributed by atoms with Crippen LogP contribution in [0.4, 0.5) is 4.39 Å². The molecule has 0 heterocycles. The van der Waals surface area contributed by atoms with E-state index < -0.39 is 5.97 Å². The summed E-state index contributed by atoms with van der Waals surface area (Å²) in [6, 6.07) is 4.05. The Morgan fingerprint density at radius 1 is 1.29 bits per heavy atom. The van der Waals surface area contributed by atoms with Crippen LogP contribution in [0.15, 0.2) is 47.8 Å². The molecular weight excluding hydrogens is 355 g/mol. The highest BCUT2D eigenvalue weighted by atomic mass is 19.1. The van der Waals surface area contributed by atoms with Gasteiger partial charge in [-0.1, -0.05) is 39.0 Å². The number of aliphatic carboxylic acids is 1. The van der Waals surface area contributed by atoms with E-state index in [4.69, 9.17) is 9.84 Å². The molecule has 0 fully saturated rings. The van der Waals surface area contributed by atoms with E-state index in [1.165, 1.54) is 17.7 Å². The number of rotatable bonds is 7. The van der Waals surface area contributed by atoms with Gasteiger partial charge in [0.1, 0.15) is 11.6 Å². The van der Waals surface area contributed by atoms with Gasteiger partial charge in [0.25, 0.3) is 0 Å². The predicted molar refractivity (Wildman–Crippen MR) is 113 cm³/mol. The second-order valence-electron chi connectivity index (χ2n) is 7.60. The molecule has 1 aromatic carbocycles. The molecule has 0 aliphatic heterocycles. The van der Waals surface area contributed by atoms with Crippen molar-refractivity contribution in [3.05, 3.63) is 64.5 Å². The van der Waals surface area contributed by atoms with E-state index in [1.807, 2.05) is 26.0 Å². The van der Waals surface area contributed by atoms with Crippen LogP contribution < -0.4 is 4.74 Å². The lowest BCUT2D eigenvalue weighted by Gasteiger charge is -2.30. The molecule has 1 aromatic rings. The summed E-state index contributed by atoms with van der Waals surface area (Å²) in [5.41, 5.74) is 4.04. The van der Waals surface area contributed by atoms with Crippen molar-refractivity contribution in [2.24, 2.45) is 0 Å². The Bertz CT molecular complexity index is 870. The molecule has 0 amide bonds. The second-order valence-corrected chi connectivity index (χ2v) is 7.60. The van der Waals surface area contributed by atoms with Gasteiger partial charge in [-0.15, -0.1) is 0 Å². The number of fused-ring (bicyclic) bond motifs is 1. The number of halogens is 1. The number of hydrogen-bond donors (Lipinski definition) is 1. The molecule has 1 aliphatic carbocycles. The van der Waals surface area contributed by atoms with Gasteiger partial charge in [0, 0.05) is 11.6 Å². The van der Waals surface area contributed by atoms with Crippen molar-refractivity contribution in [1.82, 2.24) is 0 Å². The van der Waals surface area contributed by atoms with Crippen molar-refractivity contribution < 1.29 is 19.0 Å². The van der Waals surface area contributed by atoms with E-state index in [-0.39, 0.29) is 11.2 Å². The Morgan fingerprint density at radius 3 is 2.61 bits per heavy atom. The van der Waals surface area contributed by atoms with Gasteiger partial charge in [0.15, 0.2) is 0 Å². The maximum atomic E-state index is 15.0. The SMILES string of the molecule is CCOc1cc2c(cc1C(CC)=C(F)C=CC(C)=CC(=O)O)C=CCC2(C)C. The molecule has 0 saturated heterocycles. The highest BCUT2D eigenvalue weighted by molar-refractivity contribution is 5.81. The molecule has 0 saturated carbocycles. The summed E-state index contributed by atoms with van der Waals surface area (Å²) in [5, 5.41) is 8.79. The third-order valence-corrected chi connectivity index (χ3v) is 4.92. The molecule has 0 spiro atoms. The maximum absolute atomic E-state index is 15.0. The zero-order chi connectivity index (χ0) is 20.9. The van der Waals surface area contributed by atoms with Crippen LogP contribution in [0.25, 0.3) is 11.6 Å². The monoisotopic (exact) mass is 384 g/mol. The number of carbonyl (C=O) groups is 1. The Morgan fingerprint density at radius 2 is 2.00 bits per heavy atom. The van der Waals surface area contributed by atoms with Gasteiger partial charge in [0.2, 0.25) is 0 Å². The fourth-order valence-electron chi connectivity index (χ4n) is 3.46. The lowest BCUT2D eigenvalue weighted by atomic mass is 9.75. The molecule has 150 valence electrons. The Balaban J connectivity index is 2.58. The highest BCUT2D eigenvalue weighted by Gasteiger charge is 2.27. The lowest BCUT2D eigenvalue weighted by Crippen LogP contribution is -2.20. The van der Waals surface area contributed by atoms with Crippen molar-refractivity contribution in [1.29, 1.82) is 0 Å². The van der Waals surface area contributed by atoms with Gasteiger partial charge in [0.05, 0.1) is 6.61 Å². The van der Waals surface area contributed by atoms with E-state index in [2.05, 4.69) is 26.0 Å². The van der Waals surface area contributed by atoms with Gasteiger partial charge in [-0.3, -0.25) is 0 Å². The van der Waals surface area contributed by atoms with E-state index in [9.17, 15) is 4.79 Å². The molecule has 4 heteroatoms. The van der Waals surface area contributed by atoms with E-state index in [0.717, 1.165) is 23.6 Å². The van der Waals surface area contributed by atoms with Gasteiger partial charge in [-0.2, -0.15) is 0 Å². The summed E-state index contributed by atoms with van der Waals surface area (Å²) >= 11 is 0. The number of hydrogen-bond acceptors (Lipinski definition) is 2. The maximum Gasteiger partial charge on any atom is 0.328 e. The van der Waals surface area contributed by atoms with Crippen LogP contribution in [-0.4, -0.2) is 17.7 Å². The zero-order valence-electron chi connectivity index (χ0n) is 17.3. The van der Waals surface area contributed by atoms with Crippen LogP contribution in [-0.2, 0) is 10.2 Å². The number of benzene rings is 1. The molecule has 3 nitrogen and oxygen atoms in total. The number of allylic oxidation sites excluding steroid dienone is 6. The van der Waals surface area contributed by atoms with Crippen molar-refractivity contribution in [2.75, 3.05) is 6.61 Å². The number of carboxylic acids is 1. The average molecular weight is 384 g/mol. The minimum atomic E-state index is -1.05. The summed E-state index contributed by atoms with van der Waals surface area (Å²) in [4.78, 5) is 10.7. The fourth-order valence-corrected chi connectivity index (χ4v) is 3.46. The van der Waals surface area contributed by atoms with Crippen LogP contribution in [0, 0.1) is 0 Å². The normalized spacial score (nSPS) is 16.7. The Kier molecular flexibility index (Phi) is 7.00. The first-order valence-corrected chi connectivity index (χ1v) is 9.65. The van der Waals surface area contributed by atoms with Gasteiger partial charge < -0.3 is 9.84 Å². The first-order valence-electron chi connectivity index (χ1n) is 9.65. The zero-order valence-corrected chi connectivity index (χ0v) is 17.3. The number of carboxylic acid groups (broad SMARTS) is 1. The van der Waals surface area contributed by atoms with Crippen molar-refractivity contribution in [2.45, 2.75) is 52.9 Å². The van der Waals surface area contributed by atoms with Crippen LogP contribution in [0.2, 0.25) is 0 Å². The summed E-state index contributed by atoms with van der Waals surface area (Å²) in [5.74, 6) is -0.756. The minimum Gasteiger partial charge on any atom is -0.493 e. The van der Waals surface area contributed by atoms with Crippen molar-refractivity contribution in [3.8, 4) is 5.75 Å². The minimum absolute atomic E-state index is 0.00173. The average Bonchev–Trinajstić information content (AvgIpc) is 2.61. The molecule has 28 heavy (non-hydrogen) atoms. The molecule has 0 aromatic heterocycles. The van der Waals surface area contributed by atoms with Crippen LogP contribution in [0.3, 0.4) is 0 Å². The van der Waals surface area contributed by atoms with Gasteiger partial charge >= 0.3 is 5.97 Å². The van der Waals surface area contributed by atoms with Crippen molar-refractivity contribution >= 4 is 17.6 Å². The van der Waals surface area contributed by atoms with Crippen LogP contribution in [0.5, 0.6) is 5.75 Å². The largest absolute Gasteiger partial charge is 0.493 e. The first-order chi connectivity index (χ1) is 13.2. The Hall–Kier alpha value is -2.62. The smallest absolute Gasteiger partial charge is 0.328 e. The van der Waals surface area contributed by atoms with Gasteiger partial charge in [-0.25, -0.2) is 9.18 Å². The van der Waals surface area contributed by atoms with E-state index >= 15 is 4.39 Å². The summed E-state index contributed by atoms with van der Waals surface area (Å²) < 4.78 is 20.9. The van der Waals surface area contributed by atoms with E-state index in [0.29, 0.717) is 29.9 Å². The molecule has 1 N–H and O–H groups in total. The third-order valence-electron chi connectivity index (χ3n) is 4.92. The highest BCUT2D eigenvalue weighted by Crippen LogP contribution is 2.41. The van der Waals surface area contributed by atoms with Gasteiger partial charge in [-0.05, 0) is 72.6 Å². The fraction of sp³-hybridized carbons (Fsp3) is 0.375. The predicted octanol–water partition coefficient (Wildman–Crippen LogP) is 6.46. The molecule has 0 unspecified atom stereocenters. The molecule has 0 atom stereocenters. The molecule has 2 rings (SSSR count). The second kappa shape index (κ2) is 9.05.